The van der Waals surface area contributed by atoms with Crippen LogP contribution in [0.5, 0.6) is 5.75 Å². The molecule has 3 nitrogen and oxygen atoms in total. The van der Waals surface area contributed by atoms with Crippen molar-refractivity contribution in [2.75, 3.05) is 0 Å². The molecule has 0 radical (unpaired) electrons. The maximum absolute atomic E-state index is 12.4. The number of aromatic nitrogens is 1. The number of hydrogen-bond donors (Lipinski definition) is 1. The van der Waals surface area contributed by atoms with Gasteiger partial charge in [-0.25, -0.2) is 0 Å². The van der Waals surface area contributed by atoms with Crippen LogP contribution in [-0.2, 0) is 0 Å². The zero-order valence-corrected chi connectivity index (χ0v) is 12.0. The van der Waals surface area contributed by atoms with Gasteiger partial charge in [-0.3, -0.25) is 9.78 Å². The minimum absolute atomic E-state index is 0.0358. The molecular formula is C16H10BrNO2. The van der Waals surface area contributed by atoms with E-state index in [1.807, 2.05) is 24.3 Å². The number of para-hydroxylation sites is 1. The predicted octanol–water partition coefficient (Wildman–Crippen LogP) is 3.93. The number of fused-ring (bicyclic) bond motifs is 1. The van der Waals surface area contributed by atoms with E-state index in [0.29, 0.717) is 5.56 Å². The van der Waals surface area contributed by atoms with Gasteiger partial charge in [0.25, 0.3) is 0 Å². The summed E-state index contributed by atoms with van der Waals surface area (Å²) in [6.07, 6.45) is 1.53. The van der Waals surface area contributed by atoms with Crippen LogP contribution >= 0.6 is 15.9 Å². The molecule has 98 valence electrons. The SMILES string of the molecule is O=C(c1cnc2ccccc2c1)c1cc(Br)ccc1O. The van der Waals surface area contributed by atoms with Crippen molar-refractivity contribution < 1.29 is 9.90 Å². The molecule has 20 heavy (non-hydrogen) atoms. The molecule has 0 fully saturated rings. The Balaban J connectivity index is 2.10. The number of benzene rings is 2. The Morgan fingerprint density at radius 3 is 2.75 bits per heavy atom. The molecule has 0 aliphatic rings. The van der Waals surface area contributed by atoms with E-state index in [2.05, 4.69) is 20.9 Å². The summed E-state index contributed by atoms with van der Waals surface area (Å²) in [4.78, 5) is 16.7. The third kappa shape index (κ3) is 2.30. The van der Waals surface area contributed by atoms with Crippen LogP contribution in [0.3, 0.4) is 0 Å². The van der Waals surface area contributed by atoms with Crippen molar-refractivity contribution in [2.45, 2.75) is 0 Å². The lowest BCUT2D eigenvalue weighted by atomic mass is 10.0. The molecule has 0 aliphatic heterocycles. The average Bonchev–Trinajstić information content (AvgIpc) is 2.48. The van der Waals surface area contributed by atoms with E-state index in [9.17, 15) is 9.90 Å². The molecule has 0 amide bonds. The molecule has 0 aliphatic carbocycles. The highest BCUT2D eigenvalue weighted by atomic mass is 79.9. The Labute approximate surface area is 124 Å². The van der Waals surface area contributed by atoms with Crippen molar-refractivity contribution >= 4 is 32.6 Å². The fourth-order valence-electron chi connectivity index (χ4n) is 2.04. The van der Waals surface area contributed by atoms with Crippen molar-refractivity contribution in [3.8, 4) is 5.75 Å². The molecular weight excluding hydrogens is 318 g/mol. The lowest BCUT2D eigenvalue weighted by Gasteiger charge is -2.05. The lowest BCUT2D eigenvalue weighted by molar-refractivity contribution is 0.103. The van der Waals surface area contributed by atoms with Gasteiger partial charge in [0, 0.05) is 21.6 Å². The minimum Gasteiger partial charge on any atom is -0.507 e. The molecule has 1 heterocycles. The second kappa shape index (κ2) is 5.06. The molecule has 0 saturated heterocycles. The molecule has 0 unspecified atom stereocenters. The first-order valence-electron chi connectivity index (χ1n) is 6.03. The minimum atomic E-state index is -0.248. The van der Waals surface area contributed by atoms with Crippen LogP contribution in [0.4, 0.5) is 0 Å². The van der Waals surface area contributed by atoms with E-state index in [0.717, 1.165) is 15.4 Å². The summed E-state index contributed by atoms with van der Waals surface area (Å²) < 4.78 is 0.743. The third-order valence-electron chi connectivity index (χ3n) is 3.06. The molecule has 0 atom stereocenters. The Morgan fingerprint density at radius 1 is 1.10 bits per heavy atom. The molecule has 1 N–H and O–H groups in total. The first-order chi connectivity index (χ1) is 9.65. The summed E-state index contributed by atoms with van der Waals surface area (Å²) in [6, 6.07) is 14.2. The Morgan fingerprint density at radius 2 is 1.90 bits per heavy atom. The van der Waals surface area contributed by atoms with Gasteiger partial charge >= 0.3 is 0 Å². The van der Waals surface area contributed by atoms with E-state index >= 15 is 0 Å². The number of rotatable bonds is 2. The van der Waals surface area contributed by atoms with E-state index in [1.54, 1.807) is 18.2 Å². The van der Waals surface area contributed by atoms with Crippen molar-refractivity contribution in [3.05, 3.63) is 70.3 Å². The molecule has 3 aromatic rings. The second-order valence-electron chi connectivity index (χ2n) is 4.41. The quantitative estimate of drug-likeness (QED) is 0.725. The van der Waals surface area contributed by atoms with Crippen molar-refractivity contribution in [2.24, 2.45) is 0 Å². The maximum atomic E-state index is 12.4. The first kappa shape index (κ1) is 12.8. The normalized spacial score (nSPS) is 10.7. The van der Waals surface area contributed by atoms with Gasteiger partial charge in [-0.15, -0.1) is 0 Å². The molecule has 4 heteroatoms. The van der Waals surface area contributed by atoms with Crippen LogP contribution in [0.15, 0.2) is 59.2 Å². The van der Waals surface area contributed by atoms with Crippen LogP contribution in [-0.4, -0.2) is 15.9 Å². The summed E-state index contributed by atoms with van der Waals surface area (Å²) in [5.74, 6) is -0.284. The monoisotopic (exact) mass is 327 g/mol. The van der Waals surface area contributed by atoms with Gasteiger partial charge in [0.05, 0.1) is 11.1 Å². The van der Waals surface area contributed by atoms with Gasteiger partial charge in [-0.1, -0.05) is 34.1 Å². The van der Waals surface area contributed by atoms with Crippen LogP contribution < -0.4 is 0 Å². The number of aromatic hydroxyl groups is 1. The second-order valence-corrected chi connectivity index (χ2v) is 5.32. The largest absolute Gasteiger partial charge is 0.507 e. The Bertz CT molecular complexity index is 814. The van der Waals surface area contributed by atoms with Gasteiger partial charge in [-0.2, -0.15) is 0 Å². The van der Waals surface area contributed by atoms with E-state index in [1.165, 1.54) is 12.3 Å². The highest BCUT2D eigenvalue weighted by Crippen LogP contribution is 2.25. The smallest absolute Gasteiger partial charge is 0.198 e. The van der Waals surface area contributed by atoms with E-state index in [4.69, 9.17) is 0 Å². The molecule has 3 rings (SSSR count). The van der Waals surface area contributed by atoms with Gasteiger partial charge in [-0.05, 0) is 30.3 Å². The molecule has 0 spiro atoms. The summed E-state index contributed by atoms with van der Waals surface area (Å²) >= 11 is 3.30. The number of phenolic OH excluding ortho intramolecular Hbond substituents is 1. The highest BCUT2D eigenvalue weighted by molar-refractivity contribution is 9.10. The summed E-state index contributed by atoms with van der Waals surface area (Å²) in [6.45, 7) is 0. The third-order valence-corrected chi connectivity index (χ3v) is 3.55. The standard InChI is InChI=1S/C16H10BrNO2/c17-12-5-6-15(19)13(8-12)16(20)11-7-10-3-1-2-4-14(10)18-9-11/h1-9,19H. The molecule has 2 aromatic carbocycles. The molecule has 0 bridgehead atoms. The Hall–Kier alpha value is -2.20. The van der Waals surface area contributed by atoms with Crippen molar-refractivity contribution in [1.29, 1.82) is 0 Å². The van der Waals surface area contributed by atoms with Gasteiger partial charge < -0.3 is 5.11 Å². The van der Waals surface area contributed by atoms with Gasteiger partial charge in [0.1, 0.15) is 5.75 Å². The van der Waals surface area contributed by atoms with Crippen LogP contribution in [0, 0.1) is 0 Å². The number of hydrogen-bond acceptors (Lipinski definition) is 3. The predicted molar refractivity (Wildman–Crippen MR) is 81.0 cm³/mol. The number of carbonyl (C=O) groups is 1. The number of halogens is 1. The zero-order valence-electron chi connectivity index (χ0n) is 10.4. The fourth-order valence-corrected chi connectivity index (χ4v) is 2.40. The summed E-state index contributed by atoms with van der Waals surface area (Å²) in [5, 5.41) is 10.7. The van der Waals surface area contributed by atoms with Crippen LogP contribution in [0.2, 0.25) is 0 Å². The number of carbonyl (C=O) groups excluding carboxylic acids is 1. The topological polar surface area (TPSA) is 50.2 Å². The van der Waals surface area contributed by atoms with E-state index in [-0.39, 0.29) is 17.1 Å². The van der Waals surface area contributed by atoms with Crippen molar-refractivity contribution in [1.82, 2.24) is 4.98 Å². The van der Waals surface area contributed by atoms with Crippen LogP contribution in [0.1, 0.15) is 15.9 Å². The van der Waals surface area contributed by atoms with Crippen LogP contribution in [0.25, 0.3) is 10.9 Å². The number of pyridine rings is 1. The maximum Gasteiger partial charge on any atom is 0.198 e. The lowest BCUT2D eigenvalue weighted by Crippen LogP contribution is -2.02. The summed E-state index contributed by atoms with van der Waals surface area (Å²) in [7, 11) is 0. The number of phenols is 1. The fraction of sp³-hybridized carbons (Fsp3) is 0. The van der Waals surface area contributed by atoms with Gasteiger partial charge in [0.15, 0.2) is 5.78 Å². The number of nitrogens with zero attached hydrogens (tertiary/aromatic N) is 1. The summed E-state index contributed by atoms with van der Waals surface area (Å²) in [5.41, 5.74) is 1.55. The average molecular weight is 328 g/mol. The highest BCUT2D eigenvalue weighted by Gasteiger charge is 2.14. The Kier molecular flexibility index (Phi) is 3.24. The van der Waals surface area contributed by atoms with E-state index < -0.39 is 0 Å². The molecule has 1 aromatic heterocycles. The van der Waals surface area contributed by atoms with Gasteiger partial charge in [0.2, 0.25) is 0 Å². The first-order valence-corrected chi connectivity index (χ1v) is 6.82. The molecule has 0 saturated carbocycles. The zero-order chi connectivity index (χ0) is 14.1. The van der Waals surface area contributed by atoms with Crippen molar-refractivity contribution in [3.63, 3.8) is 0 Å². The number of ketones is 1.